The molecule has 0 aliphatic rings. The lowest BCUT2D eigenvalue weighted by atomic mass is 10.1. The molecule has 0 aliphatic carbocycles. The van der Waals surface area contributed by atoms with Gasteiger partial charge in [0.25, 0.3) is 0 Å². The number of thiophene rings is 1. The minimum absolute atomic E-state index is 0.0737. The first-order valence-electron chi connectivity index (χ1n) is 9.73. The summed E-state index contributed by atoms with van der Waals surface area (Å²) < 4.78 is 0. The van der Waals surface area contributed by atoms with E-state index in [1.54, 1.807) is 41.8 Å². The summed E-state index contributed by atoms with van der Waals surface area (Å²) in [5.74, 6) is 0.588. The first-order chi connectivity index (χ1) is 14.7. The molecular weight excluding hydrogens is 394 g/mol. The lowest BCUT2D eigenvalue weighted by Gasteiger charge is -2.11. The van der Waals surface area contributed by atoms with Gasteiger partial charge >= 0.3 is 0 Å². The zero-order chi connectivity index (χ0) is 20.8. The topological polar surface area (TPSA) is 75.1 Å². The van der Waals surface area contributed by atoms with Gasteiger partial charge in [0.1, 0.15) is 11.4 Å². The standard InChI is InChI=1S/C24H21N3O2S/c28-19-13-11-18(12-14-19)20-16-25-24(23(26-20)21-9-5-15-30-21)27-22(29)10-4-8-17-6-2-1-3-7-17/h1-3,5-7,9,11-16,28H,4,8,10H2,(H,25,27,29). The molecule has 0 unspecified atom stereocenters. The molecular formula is C24H21N3O2S. The molecule has 4 aromatic rings. The van der Waals surface area contributed by atoms with E-state index in [2.05, 4.69) is 22.4 Å². The number of amides is 1. The van der Waals surface area contributed by atoms with E-state index in [9.17, 15) is 9.90 Å². The summed E-state index contributed by atoms with van der Waals surface area (Å²) in [6, 6.07) is 20.9. The highest BCUT2D eigenvalue weighted by atomic mass is 32.1. The number of benzene rings is 2. The van der Waals surface area contributed by atoms with Crippen LogP contribution in [0.1, 0.15) is 18.4 Å². The third-order valence-electron chi connectivity index (χ3n) is 4.66. The van der Waals surface area contributed by atoms with E-state index in [0.717, 1.165) is 23.3 Å². The Hall–Kier alpha value is -3.51. The van der Waals surface area contributed by atoms with Crippen molar-refractivity contribution in [3.8, 4) is 27.6 Å². The first kappa shape index (κ1) is 19.8. The van der Waals surface area contributed by atoms with Crippen molar-refractivity contribution in [3.05, 3.63) is 83.9 Å². The Kier molecular flexibility index (Phi) is 6.15. The van der Waals surface area contributed by atoms with E-state index in [4.69, 9.17) is 4.98 Å². The second-order valence-corrected chi connectivity index (χ2v) is 7.81. The lowest BCUT2D eigenvalue weighted by molar-refractivity contribution is -0.116. The fourth-order valence-electron chi connectivity index (χ4n) is 3.13. The summed E-state index contributed by atoms with van der Waals surface area (Å²) in [5, 5.41) is 14.4. The zero-order valence-corrected chi connectivity index (χ0v) is 17.1. The number of anilines is 1. The Labute approximate surface area is 179 Å². The highest BCUT2D eigenvalue weighted by Crippen LogP contribution is 2.31. The number of rotatable bonds is 7. The van der Waals surface area contributed by atoms with Gasteiger partial charge in [-0.15, -0.1) is 11.3 Å². The van der Waals surface area contributed by atoms with Crippen LogP contribution in [0.4, 0.5) is 5.82 Å². The Morgan fingerprint density at radius 3 is 2.53 bits per heavy atom. The van der Waals surface area contributed by atoms with E-state index in [1.807, 2.05) is 35.7 Å². The summed E-state index contributed by atoms with van der Waals surface area (Å²) in [4.78, 5) is 22.7. The number of carbonyl (C=O) groups is 1. The Morgan fingerprint density at radius 1 is 1.00 bits per heavy atom. The SMILES string of the molecule is O=C(CCCc1ccccc1)Nc1ncc(-c2ccc(O)cc2)nc1-c1cccs1. The summed E-state index contributed by atoms with van der Waals surface area (Å²) in [6.07, 6.45) is 3.68. The maximum absolute atomic E-state index is 12.5. The molecule has 5 nitrogen and oxygen atoms in total. The molecule has 0 radical (unpaired) electrons. The molecule has 0 saturated carbocycles. The minimum Gasteiger partial charge on any atom is -0.508 e. The number of aryl methyl sites for hydroxylation is 1. The van der Waals surface area contributed by atoms with Crippen molar-refractivity contribution in [2.45, 2.75) is 19.3 Å². The maximum atomic E-state index is 12.5. The van der Waals surface area contributed by atoms with Gasteiger partial charge in [-0.2, -0.15) is 0 Å². The second-order valence-electron chi connectivity index (χ2n) is 6.86. The van der Waals surface area contributed by atoms with Crippen LogP contribution in [-0.4, -0.2) is 21.0 Å². The molecule has 1 amide bonds. The highest BCUT2D eigenvalue weighted by Gasteiger charge is 2.14. The van der Waals surface area contributed by atoms with Crippen LogP contribution in [0.2, 0.25) is 0 Å². The van der Waals surface area contributed by atoms with Crippen molar-refractivity contribution in [3.63, 3.8) is 0 Å². The van der Waals surface area contributed by atoms with Crippen LogP contribution in [0.25, 0.3) is 21.8 Å². The second kappa shape index (κ2) is 9.33. The van der Waals surface area contributed by atoms with E-state index in [0.29, 0.717) is 23.6 Å². The van der Waals surface area contributed by atoms with Gasteiger partial charge in [0, 0.05) is 12.0 Å². The zero-order valence-electron chi connectivity index (χ0n) is 16.3. The number of carbonyl (C=O) groups excluding carboxylic acids is 1. The van der Waals surface area contributed by atoms with E-state index >= 15 is 0 Å². The van der Waals surface area contributed by atoms with Crippen LogP contribution in [0.5, 0.6) is 5.75 Å². The molecule has 0 aliphatic heterocycles. The normalized spacial score (nSPS) is 10.7. The average Bonchev–Trinajstić information content (AvgIpc) is 3.30. The minimum atomic E-state index is -0.0737. The van der Waals surface area contributed by atoms with Crippen molar-refractivity contribution < 1.29 is 9.90 Å². The molecule has 4 rings (SSSR count). The van der Waals surface area contributed by atoms with Crippen molar-refractivity contribution in [1.82, 2.24) is 9.97 Å². The molecule has 2 heterocycles. The number of nitrogens with one attached hydrogen (secondary N) is 1. The van der Waals surface area contributed by atoms with Crippen LogP contribution < -0.4 is 5.32 Å². The van der Waals surface area contributed by atoms with Crippen molar-refractivity contribution >= 4 is 23.1 Å². The number of phenols is 1. The van der Waals surface area contributed by atoms with Gasteiger partial charge in [0.15, 0.2) is 5.82 Å². The summed E-state index contributed by atoms with van der Waals surface area (Å²) in [6.45, 7) is 0. The van der Waals surface area contributed by atoms with Gasteiger partial charge < -0.3 is 10.4 Å². The summed E-state index contributed by atoms with van der Waals surface area (Å²) >= 11 is 1.54. The lowest BCUT2D eigenvalue weighted by Crippen LogP contribution is -2.14. The van der Waals surface area contributed by atoms with Gasteiger partial charge in [0.2, 0.25) is 5.91 Å². The number of nitrogens with zero attached hydrogens (tertiary/aromatic N) is 2. The molecule has 30 heavy (non-hydrogen) atoms. The fraction of sp³-hybridized carbons (Fsp3) is 0.125. The van der Waals surface area contributed by atoms with Gasteiger partial charge in [-0.25, -0.2) is 9.97 Å². The van der Waals surface area contributed by atoms with E-state index < -0.39 is 0 Å². The number of phenolic OH excluding ortho intramolecular Hbond substituents is 1. The van der Waals surface area contributed by atoms with Crippen LogP contribution >= 0.6 is 11.3 Å². The van der Waals surface area contributed by atoms with Crippen LogP contribution in [-0.2, 0) is 11.2 Å². The molecule has 0 saturated heterocycles. The van der Waals surface area contributed by atoms with Gasteiger partial charge in [-0.1, -0.05) is 36.4 Å². The van der Waals surface area contributed by atoms with E-state index in [1.165, 1.54) is 5.56 Å². The maximum Gasteiger partial charge on any atom is 0.225 e. The van der Waals surface area contributed by atoms with Gasteiger partial charge in [0.05, 0.1) is 16.8 Å². The third kappa shape index (κ3) is 4.90. The molecule has 2 aromatic heterocycles. The Bertz CT molecular complexity index is 1110. The van der Waals surface area contributed by atoms with E-state index in [-0.39, 0.29) is 11.7 Å². The predicted molar refractivity (Wildman–Crippen MR) is 120 cm³/mol. The number of aromatic hydroxyl groups is 1. The molecule has 0 atom stereocenters. The van der Waals surface area contributed by atoms with Crippen LogP contribution in [0, 0.1) is 0 Å². The fourth-order valence-corrected chi connectivity index (χ4v) is 3.84. The van der Waals surface area contributed by atoms with Gasteiger partial charge in [-0.3, -0.25) is 4.79 Å². The first-order valence-corrected chi connectivity index (χ1v) is 10.6. The number of aromatic nitrogens is 2. The molecule has 0 bridgehead atoms. The van der Waals surface area contributed by atoms with Crippen LogP contribution in [0.15, 0.2) is 78.3 Å². The molecule has 2 N–H and O–H groups in total. The predicted octanol–water partition coefficient (Wildman–Crippen LogP) is 5.54. The quantitative estimate of drug-likeness (QED) is 0.416. The molecule has 2 aromatic carbocycles. The van der Waals surface area contributed by atoms with Crippen molar-refractivity contribution in [2.24, 2.45) is 0 Å². The number of hydrogen-bond donors (Lipinski definition) is 2. The molecule has 0 fully saturated rings. The smallest absolute Gasteiger partial charge is 0.225 e. The number of hydrogen-bond acceptors (Lipinski definition) is 5. The monoisotopic (exact) mass is 415 g/mol. The summed E-state index contributed by atoms with van der Waals surface area (Å²) in [7, 11) is 0. The summed E-state index contributed by atoms with van der Waals surface area (Å²) in [5.41, 5.74) is 3.40. The largest absolute Gasteiger partial charge is 0.508 e. The highest BCUT2D eigenvalue weighted by molar-refractivity contribution is 7.13. The molecule has 0 spiro atoms. The third-order valence-corrected chi connectivity index (χ3v) is 5.54. The van der Waals surface area contributed by atoms with Crippen molar-refractivity contribution in [1.29, 1.82) is 0 Å². The Balaban J connectivity index is 1.50. The Morgan fingerprint density at radius 2 is 1.80 bits per heavy atom. The van der Waals surface area contributed by atoms with Gasteiger partial charge in [-0.05, 0) is 54.1 Å². The average molecular weight is 416 g/mol. The van der Waals surface area contributed by atoms with Crippen LogP contribution in [0.3, 0.4) is 0 Å². The van der Waals surface area contributed by atoms with Crippen molar-refractivity contribution in [2.75, 3.05) is 5.32 Å². The molecule has 6 heteroatoms. The molecule has 150 valence electrons.